The Balaban J connectivity index is 2.38. The third kappa shape index (κ3) is 5.04. The number of carbonyl (C=O) groups is 2. The number of carboxylic acid groups (broad SMARTS) is 1. The van der Waals surface area contributed by atoms with Gasteiger partial charge in [-0.25, -0.2) is 0 Å². The Morgan fingerprint density at radius 1 is 0.926 bits per heavy atom. The van der Waals surface area contributed by atoms with Gasteiger partial charge in [-0.1, -0.05) is 0 Å². The summed E-state index contributed by atoms with van der Waals surface area (Å²) in [5, 5.41) is 19.2. The maximum absolute atomic E-state index is 12.9. The molecule has 8 heteroatoms. The number of carbonyl (C=O) groups excluding carboxylic acids is 1. The second-order valence-electron chi connectivity index (χ2n) is 5.66. The van der Waals surface area contributed by atoms with Crippen molar-refractivity contribution >= 4 is 11.9 Å². The molecule has 0 spiro atoms. The van der Waals surface area contributed by atoms with E-state index in [2.05, 4.69) is 0 Å². The van der Waals surface area contributed by atoms with Gasteiger partial charge in [0.25, 0.3) is 5.91 Å². The number of aliphatic carboxylic acids is 1. The third-order valence-corrected chi connectivity index (χ3v) is 3.83. The van der Waals surface area contributed by atoms with E-state index in [1.165, 1.54) is 39.5 Å². The molecule has 1 amide bonds. The first-order valence-electron chi connectivity index (χ1n) is 7.98. The van der Waals surface area contributed by atoms with Crippen molar-refractivity contribution in [3.63, 3.8) is 0 Å². The number of phenolic OH excluding ortho intramolecular Hbond substituents is 1. The number of phenols is 1. The van der Waals surface area contributed by atoms with Crippen LogP contribution in [-0.2, 0) is 11.3 Å². The lowest BCUT2D eigenvalue weighted by Gasteiger charge is -2.22. The lowest BCUT2D eigenvalue weighted by atomic mass is 10.1. The summed E-state index contributed by atoms with van der Waals surface area (Å²) in [5.74, 6) is -0.697. The number of methoxy groups -OCH3 is 3. The summed E-state index contributed by atoms with van der Waals surface area (Å²) in [6, 6.07) is 9.20. The number of ether oxygens (including phenoxy) is 3. The Hall–Kier alpha value is -3.42. The van der Waals surface area contributed by atoms with E-state index in [1.54, 1.807) is 18.2 Å². The lowest BCUT2D eigenvalue weighted by molar-refractivity contribution is -0.137. The normalized spacial score (nSPS) is 10.2. The van der Waals surface area contributed by atoms with Crippen molar-refractivity contribution in [2.75, 3.05) is 27.9 Å². The van der Waals surface area contributed by atoms with Gasteiger partial charge in [-0.15, -0.1) is 0 Å². The molecule has 0 bridgehead atoms. The Morgan fingerprint density at radius 3 is 2.04 bits per heavy atom. The van der Waals surface area contributed by atoms with E-state index in [0.717, 1.165) is 4.90 Å². The van der Waals surface area contributed by atoms with Crippen LogP contribution in [0.1, 0.15) is 15.9 Å². The smallest absolute Gasteiger partial charge is 0.323 e. The molecule has 2 aromatic rings. The zero-order valence-electron chi connectivity index (χ0n) is 15.3. The Morgan fingerprint density at radius 2 is 1.52 bits per heavy atom. The highest BCUT2D eigenvalue weighted by Gasteiger charge is 2.23. The number of carboxylic acids is 1. The summed E-state index contributed by atoms with van der Waals surface area (Å²) in [5.41, 5.74) is 0.564. The highest BCUT2D eigenvalue weighted by atomic mass is 16.5. The number of nitrogens with zero attached hydrogens (tertiary/aromatic N) is 1. The third-order valence-electron chi connectivity index (χ3n) is 3.83. The van der Waals surface area contributed by atoms with Gasteiger partial charge in [-0.05, 0) is 35.9 Å². The predicted molar refractivity (Wildman–Crippen MR) is 96.6 cm³/mol. The zero-order chi connectivity index (χ0) is 20.0. The van der Waals surface area contributed by atoms with Crippen molar-refractivity contribution < 1.29 is 34.0 Å². The monoisotopic (exact) mass is 375 g/mol. The molecule has 0 fully saturated rings. The van der Waals surface area contributed by atoms with E-state index >= 15 is 0 Å². The number of amides is 1. The van der Waals surface area contributed by atoms with Gasteiger partial charge in [0, 0.05) is 12.6 Å². The second-order valence-corrected chi connectivity index (χ2v) is 5.66. The van der Waals surface area contributed by atoms with Crippen LogP contribution >= 0.6 is 0 Å². The standard InChI is InChI=1S/C19H21NO7/c1-25-13-4-5-17(21)16(9-13)19(24)20(11-18(22)23)10-12-6-14(26-2)8-15(7-12)27-3/h4-9,21H,10-11H2,1-3H3,(H,22,23). The van der Waals surface area contributed by atoms with Crippen molar-refractivity contribution in [1.82, 2.24) is 4.90 Å². The average molecular weight is 375 g/mol. The minimum atomic E-state index is -1.18. The summed E-state index contributed by atoms with van der Waals surface area (Å²) in [6.45, 7) is -0.565. The number of rotatable bonds is 8. The first-order chi connectivity index (χ1) is 12.9. The van der Waals surface area contributed by atoms with Gasteiger partial charge < -0.3 is 29.3 Å². The molecule has 0 aliphatic heterocycles. The van der Waals surface area contributed by atoms with Crippen LogP contribution in [0.5, 0.6) is 23.0 Å². The van der Waals surface area contributed by atoms with E-state index in [0.29, 0.717) is 22.8 Å². The van der Waals surface area contributed by atoms with Gasteiger partial charge in [0.15, 0.2) is 0 Å². The van der Waals surface area contributed by atoms with Crippen LogP contribution in [0, 0.1) is 0 Å². The van der Waals surface area contributed by atoms with E-state index in [-0.39, 0.29) is 17.9 Å². The van der Waals surface area contributed by atoms with Crippen LogP contribution in [0.15, 0.2) is 36.4 Å². The van der Waals surface area contributed by atoms with E-state index < -0.39 is 18.4 Å². The highest BCUT2D eigenvalue weighted by molar-refractivity contribution is 5.98. The molecule has 2 aromatic carbocycles. The fraction of sp³-hybridized carbons (Fsp3) is 0.263. The van der Waals surface area contributed by atoms with E-state index in [9.17, 15) is 19.8 Å². The lowest BCUT2D eigenvalue weighted by Crippen LogP contribution is -2.35. The van der Waals surface area contributed by atoms with Gasteiger partial charge in [0.05, 0.1) is 26.9 Å². The molecule has 0 aromatic heterocycles. The van der Waals surface area contributed by atoms with Crippen molar-refractivity contribution in [2.45, 2.75) is 6.54 Å². The largest absolute Gasteiger partial charge is 0.507 e. The summed E-state index contributed by atoms with van der Waals surface area (Å²) in [7, 11) is 4.41. The molecule has 0 aliphatic rings. The summed E-state index contributed by atoms with van der Waals surface area (Å²) < 4.78 is 15.5. The van der Waals surface area contributed by atoms with Gasteiger partial charge in [0.2, 0.25) is 0 Å². The molecule has 8 nitrogen and oxygen atoms in total. The fourth-order valence-electron chi connectivity index (χ4n) is 2.52. The predicted octanol–water partition coefficient (Wildman–Crippen LogP) is 2.14. The van der Waals surface area contributed by atoms with Crippen LogP contribution < -0.4 is 14.2 Å². The quantitative estimate of drug-likeness (QED) is 0.728. The molecule has 0 radical (unpaired) electrons. The number of hydrogen-bond donors (Lipinski definition) is 2. The molecule has 0 heterocycles. The zero-order valence-corrected chi connectivity index (χ0v) is 15.3. The Labute approximate surface area is 156 Å². The summed E-state index contributed by atoms with van der Waals surface area (Å²) in [4.78, 5) is 25.2. The summed E-state index contributed by atoms with van der Waals surface area (Å²) in [6.07, 6.45) is 0. The average Bonchev–Trinajstić information content (AvgIpc) is 2.66. The second kappa shape index (κ2) is 8.79. The van der Waals surface area contributed by atoms with Crippen LogP contribution in [0.3, 0.4) is 0 Å². The molecule has 0 saturated carbocycles. The topological polar surface area (TPSA) is 106 Å². The van der Waals surface area contributed by atoms with Crippen LogP contribution in [-0.4, -0.2) is 54.9 Å². The number of aromatic hydroxyl groups is 1. The van der Waals surface area contributed by atoms with Crippen molar-refractivity contribution in [3.8, 4) is 23.0 Å². The molecular weight excluding hydrogens is 354 g/mol. The van der Waals surface area contributed by atoms with E-state index in [1.807, 2.05) is 0 Å². The first kappa shape index (κ1) is 19.9. The maximum atomic E-state index is 12.9. The molecule has 0 unspecified atom stereocenters. The molecule has 0 aliphatic carbocycles. The number of hydrogen-bond acceptors (Lipinski definition) is 6. The summed E-state index contributed by atoms with van der Waals surface area (Å²) >= 11 is 0. The molecule has 0 atom stereocenters. The Bertz CT molecular complexity index is 813. The minimum Gasteiger partial charge on any atom is -0.507 e. The highest BCUT2D eigenvalue weighted by Crippen LogP contribution is 2.27. The SMILES string of the molecule is COc1cc(CN(CC(=O)O)C(=O)c2cc(OC)ccc2O)cc(OC)c1. The van der Waals surface area contributed by atoms with Gasteiger partial charge in [-0.2, -0.15) is 0 Å². The van der Waals surface area contributed by atoms with Crippen LogP contribution in [0.4, 0.5) is 0 Å². The van der Waals surface area contributed by atoms with Crippen molar-refractivity contribution in [2.24, 2.45) is 0 Å². The molecular formula is C19H21NO7. The maximum Gasteiger partial charge on any atom is 0.323 e. The van der Waals surface area contributed by atoms with Crippen LogP contribution in [0.2, 0.25) is 0 Å². The van der Waals surface area contributed by atoms with Gasteiger partial charge in [0.1, 0.15) is 29.5 Å². The van der Waals surface area contributed by atoms with Gasteiger partial charge in [-0.3, -0.25) is 9.59 Å². The van der Waals surface area contributed by atoms with Crippen LogP contribution in [0.25, 0.3) is 0 Å². The molecule has 27 heavy (non-hydrogen) atoms. The molecule has 2 N–H and O–H groups in total. The van der Waals surface area contributed by atoms with Gasteiger partial charge >= 0.3 is 5.97 Å². The molecule has 0 saturated heterocycles. The fourth-order valence-corrected chi connectivity index (χ4v) is 2.52. The molecule has 144 valence electrons. The minimum absolute atomic E-state index is 0.0185. The van der Waals surface area contributed by atoms with E-state index in [4.69, 9.17) is 14.2 Å². The van der Waals surface area contributed by atoms with Crippen molar-refractivity contribution in [1.29, 1.82) is 0 Å². The first-order valence-corrected chi connectivity index (χ1v) is 7.98. The van der Waals surface area contributed by atoms with Crippen molar-refractivity contribution in [3.05, 3.63) is 47.5 Å². The Kier molecular flexibility index (Phi) is 6.48. The number of benzene rings is 2. The molecule has 2 rings (SSSR count).